The third-order valence-electron chi connectivity index (χ3n) is 2.41. The van der Waals surface area contributed by atoms with E-state index in [-0.39, 0.29) is 12.2 Å². The number of thiol groups is 1. The Balaban J connectivity index is 2.41. The standard InChI is InChI=1S/C11H10N2O3S/c14-9(17)5-6(11(15)16)10-12-7-3-1-2-4-8(7)13-10/h1-4,6H,5H2,(H,12,13)(H,14,17)(H,15,16). The van der Waals surface area contributed by atoms with Crippen LogP contribution in [0.3, 0.4) is 0 Å². The average Bonchev–Trinajstić information content (AvgIpc) is 2.68. The predicted molar refractivity (Wildman–Crippen MR) is 65.1 cm³/mol. The van der Waals surface area contributed by atoms with E-state index in [2.05, 4.69) is 22.6 Å². The zero-order valence-corrected chi connectivity index (χ0v) is 9.65. The van der Waals surface area contributed by atoms with Crippen LogP contribution in [0.1, 0.15) is 18.2 Å². The van der Waals surface area contributed by atoms with Crippen LogP contribution in [0.15, 0.2) is 24.3 Å². The highest BCUT2D eigenvalue weighted by Gasteiger charge is 2.25. The number of benzene rings is 1. The van der Waals surface area contributed by atoms with Gasteiger partial charge in [0.1, 0.15) is 11.7 Å². The van der Waals surface area contributed by atoms with Crippen LogP contribution in [0.5, 0.6) is 0 Å². The molecule has 1 unspecified atom stereocenters. The van der Waals surface area contributed by atoms with Crippen molar-refractivity contribution in [2.45, 2.75) is 12.3 Å². The molecule has 0 radical (unpaired) electrons. The van der Waals surface area contributed by atoms with E-state index in [0.29, 0.717) is 5.52 Å². The third-order valence-corrected chi connectivity index (χ3v) is 2.60. The summed E-state index contributed by atoms with van der Waals surface area (Å²) in [6.45, 7) is 0. The van der Waals surface area contributed by atoms with E-state index in [1.807, 2.05) is 12.1 Å². The minimum atomic E-state index is -1.09. The lowest BCUT2D eigenvalue weighted by Crippen LogP contribution is -2.15. The van der Waals surface area contributed by atoms with Crippen molar-refractivity contribution in [1.82, 2.24) is 9.97 Å². The maximum absolute atomic E-state index is 11.1. The van der Waals surface area contributed by atoms with Crippen LogP contribution in [-0.4, -0.2) is 26.2 Å². The summed E-state index contributed by atoms with van der Waals surface area (Å²) in [5, 5.41) is 8.58. The first-order valence-corrected chi connectivity index (χ1v) is 5.42. The molecule has 1 atom stereocenters. The number of hydrogen-bond donors (Lipinski definition) is 3. The number of hydrogen-bond acceptors (Lipinski definition) is 3. The highest BCUT2D eigenvalue weighted by atomic mass is 32.1. The van der Waals surface area contributed by atoms with Gasteiger partial charge in [0.2, 0.25) is 0 Å². The Hall–Kier alpha value is -1.82. The summed E-state index contributed by atoms with van der Waals surface area (Å²) in [6.07, 6.45) is -0.182. The zero-order chi connectivity index (χ0) is 12.4. The molecule has 0 spiro atoms. The number of carbonyl (C=O) groups excluding carboxylic acids is 1. The van der Waals surface area contributed by atoms with Gasteiger partial charge >= 0.3 is 5.97 Å². The van der Waals surface area contributed by atoms with E-state index >= 15 is 0 Å². The highest BCUT2D eigenvalue weighted by Crippen LogP contribution is 2.21. The molecule has 2 rings (SSSR count). The number of fused-ring (bicyclic) bond motifs is 1. The molecular weight excluding hydrogens is 240 g/mol. The Kier molecular flexibility index (Phi) is 3.14. The number of nitrogens with one attached hydrogen (secondary N) is 1. The summed E-state index contributed by atoms with van der Waals surface area (Å²) in [7, 11) is 0. The SMILES string of the molecule is O=C(S)CC(C(=O)O)c1nc2ccccc2[nH]1. The molecule has 88 valence electrons. The Morgan fingerprint density at radius 3 is 2.71 bits per heavy atom. The van der Waals surface area contributed by atoms with Gasteiger partial charge in [-0.1, -0.05) is 12.1 Å². The van der Waals surface area contributed by atoms with Gasteiger partial charge in [0.05, 0.1) is 11.0 Å². The van der Waals surface area contributed by atoms with Gasteiger partial charge in [-0.05, 0) is 12.1 Å². The molecule has 0 aliphatic heterocycles. The molecule has 1 aromatic heterocycles. The molecule has 0 saturated heterocycles. The topological polar surface area (TPSA) is 83.1 Å². The number of carbonyl (C=O) groups is 2. The summed E-state index contributed by atoms with van der Waals surface area (Å²) in [5.74, 6) is -1.79. The number of rotatable bonds is 4. The number of aromatic nitrogens is 2. The van der Waals surface area contributed by atoms with Gasteiger partial charge in [0, 0.05) is 6.42 Å². The zero-order valence-electron chi connectivity index (χ0n) is 8.75. The first-order valence-electron chi connectivity index (χ1n) is 4.97. The molecule has 0 saturated carbocycles. The van der Waals surface area contributed by atoms with Crippen LogP contribution < -0.4 is 0 Å². The lowest BCUT2D eigenvalue weighted by molar-refractivity contribution is -0.140. The molecule has 2 aromatic rings. The Morgan fingerprint density at radius 1 is 1.41 bits per heavy atom. The molecule has 0 amide bonds. The van der Waals surface area contributed by atoms with Crippen molar-refractivity contribution in [2.24, 2.45) is 0 Å². The molecule has 17 heavy (non-hydrogen) atoms. The Labute approximate surface area is 102 Å². The summed E-state index contributed by atoms with van der Waals surface area (Å²) in [5.41, 5.74) is 1.43. The quantitative estimate of drug-likeness (QED) is 0.719. The number of carboxylic acid groups (broad SMARTS) is 1. The van der Waals surface area contributed by atoms with Gasteiger partial charge in [-0.3, -0.25) is 9.59 Å². The van der Waals surface area contributed by atoms with Crippen LogP contribution in [0, 0.1) is 0 Å². The fourth-order valence-electron chi connectivity index (χ4n) is 1.61. The maximum Gasteiger partial charge on any atom is 0.314 e. The fraction of sp³-hybridized carbons (Fsp3) is 0.182. The predicted octanol–water partition coefficient (Wildman–Crippen LogP) is 1.58. The number of nitrogens with zero attached hydrogens (tertiary/aromatic N) is 1. The van der Waals surface area contributed by atoms with Gasteiger partial charge < -0.3 is 10.1 Å². The first kappa shape index (κ1) is 11.7. The maximum atomic E-state index is 11.1. The van der Waals surface area contributed by atoms with E-state index < -0.39 is 17.0 Å². The lowest BCUT2D eigenvalue weighted by Gasteiger charge is -2.05. The van der Waals surface area contributed by atoms with E-state index in [4.69, 9.17) is 5.11 Å². The van der Waals surface area contributed by atoms with Crippen molar-refractivity contribution < 1.29 is 14.7 Å². The summed E-state index contributed by atoms with van der Waals surface area (Å²) < 4.78 is 0. The van der Waals surface area contributed by atoms with E-state index in [0.717, 1.165) is 5.52 Å². The van der Waals surface area contributed by atoms with E-state index in [1.54, 1.807) is 12.1 Å². The van der Waals surface area contributed by atoms with Crippen LogP contribution in [0.4, 0.5) is 0 Å². The molecule has 6 heteroatoms. The van der Waals surface area contributed by atoms with Crippen molar-refractivity contribution >= 4 is 34.7 Å². The number of imidazole rings is 1. The summed E-state index contributed by atoms with van der Waals surface area (Å²) >= 11 is 3.60. The first-order chi connectivity index (χ1) is 8.08. The van der Waals surface area contributed by atoms with Crippen molar-refractivity contribution in [3.63, 3.8) is 0 Å². The van der Waals surface area contributed by atoms with Gasteiger partial charge in [-0.2, -0.15) is 0 Å². The number of aromatic amines is 1. The largest absolute Gasteiger partial charge is 0.481 e. The number of carboxylic acids is 1. The Morgan fingerprint density at radius 2 is 2.12 bits per heavy atom. The average molecular weight is 250 g/mol. The molecule has 0 bridgehead atoms. The second-order valence-electron chi connectivity index (χ2n) is 3.63. The monoisotopic (exact) mass is 250 g/mol. The minimum absolute atomic E-state index is 0.182. The van der Waals surface area contributed by atoms with Crippen LogP contribution in [0.25, 0.3) is 11.0 Å². The molecule has 0 fully saturated rings. The van der Waals surface area contributed by atoms with Gasteiger partial charge in [-0.25, -0.2) is 4.98 Å². The normalized spacial score (nSPS) is 12.5. The molecule has 1 heterocycles. The van der Waals surface area contributed by atoms with E-state index in [1.165, 1.54) is 0 Å². The lowest BCUT2D eigenvalue weighted by atomic mass is 10.1. The Bertz CT molecular complexity index is 546. The summed E-state index contributed by atoms with van der Waals surface area (Å²) in [4.78, 5) is 29.0. The van der Waals surface area contributed by atoms with Crippen molar-refractivity contribution in [3.05, 3.63) is 30.1 Å². The van der Waals surface area contributed by atoms with Gasteiger partial charge in [0.25, 0.3) is 0 Å². The second kappa shape index (κ2) is 4.58. The van der Waals surface area contributed by atoms with Crippen LogP contribution in [-0.2, 0) is 9.59 Å². The molecule has 0 aliphatic rings. The second-order valence-corrected chi connectivity index (χ2v) is 4.13. The number of H-pyrrole nitrogens is 1. The van der Waals surface area contributed by atoms with Crippen LogP contribution >= 0.6 is 12.6 Å². The third kappa shape index (κ3) is 2.47. The van der Waals surface area contributed by atoms with Crippen molar-refractivity contribution in [3.8, 4) is 0 Å². The molecular formula is C11H10N2O3S. The minimum Gasteiger partial charge on any atom is -0.481 e. The highest BCUT2D eigenvalue weighted by molar-refractivity contribution is 7.96. The van der Waals surface area contributed by atoms with Crippen molar-refractivity contribution in [1.29, 1.82) is 0 Å². The van der Waals surface area contributed by atoms with Crippen molar-refractivity contribution in [2.75, 3.05) is 0 Å². The fourth-order valence-corrected chi connectivity index (χ4v) is 1.80. The molecule has 2 N–H and O–H groups in total. The molecule has 1 aromatic carbocycles. The van der Waals surface area contributed by atoms with E-state index in [9.17, 15) is 9.59 Å². The molecule has 5 nitrogen and oxygen atoms in total. The molecule has 0 aliphatic carbocycles. The van der Waals surface area contributed by atoms with Crippen LogP contribution in [0.2, 0.25) is 0 Å². The smallest absolute Gasteiger partial charge is 0.314 e. The summed E-state index contributed by atoms with van der Waals surface area (Å²) in [6, 6.07) is 7.21. The van der Waals surface area contributed by atoms with Gasteiger partial charge in [0.15, 0.2) is 5.12 Å². The van der Waals surface area contributed by atoms with Gasteiger partial charge in [-0.15, -0.1) is 12.6 Å². The number of para-hydroxylation sites is 2. The number of aliphatic carboxylic acids is 1.